The molecule has 0 saturated carbocycles. The minimum absolute atomic E-state index is 0.0541. The van der Waals surface area contributed by atoms with Gasteiger partial charge < -0.3 is 4.42 Å². The van der Waals surface area contributed by atoms with Crippen molar-refractivity contribution in [1.29, 1.82) is 0 Å². The lowest BCUT2D eigenvalue weighted by Gasteiger charge is -2.01. The Bertz CT molecular complexity index is 799. The first kappa shape index (κ1) is 15.1. The Morgan fingerprint density at radius 1 is 1.23 bits per heavy atom. The van der Waals surface area contributed by atoms with Gasteiger partial charge in [-0.15, -0.1) is 28.2 Å². The summed E-state index contributed by atoms with van der Waals surface area (Å²) in [4.78, 5) is 13.9. The number of hydrogen-bond acceptors (Lipinski definition) is 6. The summed E-state index contributed by atoms with van der Waals surface area (Å²) in [5.41, 5.74) is 0.525. The van der Waals surface area contributed by atoms with Gasteiger partial charge in [0.15, 0.2) is 0 Å². The molecule has 0 bridgehead atoms. The number of hydrogen-bond donors (Lipinski definition) is 1. The summed E-state index contributed by atoms with van der Waals surface area (Å²) < 4.78 is 6.05. The van der Waals surface area contributed by atoms with Gasteiger partial charge in [-0.3, -0.25) is 10.1 Å². The van der Waals surface area contributed by atoms with E-state index < -0.39 is 0 Å². The largest absolute Gasteiger partial charge is 0.402 e. The normalized spacial score (nSPS) is 10.6. The van der Waals surface area contributed by atoms with Crippen LogP contribution in [0.2, 0.25) is 4.34 Å². The zero-order chi connectivity index (χ0) is 15.5. The molecule has 2 aromatic heterocycles. The first-order valence-corrected chi connectivity index (χ1v) is 8.62. The number of nitrogens with one attached hydrogen (secondary N) is 1. The van der Waals surface area contributed by atoms with Crippen molar-refractivity contribution >= 4 is 46.6 Å². The summed E-state index contributed by atoms with van der Waals surface area (Å²) >= 11 is 8.80. The molecule has 5 nitrogen and oxygen atoms in total. The number of carbonyl (C=O) groups excluding carboxylic acids is 1. The Labute approximate surface area is 139 Å². The van der Waals surface area contributed by atoms with E-state index in [1.54, 1.807) is 36.0 Å². The summed E-state index contributed by atoms with van der Waals surface area (Å²) in [7, 11) is 0. The maximum atomic E-state index is 12.1. The maximum Gasteiger partial charge on any atom is 0.322 e. The fraction of sp³-hybridized carbons (Fsp3) is 0.0714. The fourth-order valence-corrected chi connectivity index (χ4v) is 3.09. The molecule has 3 aromatic rings. The molecular formula is C14H10ClN3O2S2. The Morgan fingerprint density at radius 3 is 2.64 bits per heavy atom. The molecule has 0 atom stereocenters. The van der Waals surface area contributed by atoms with Crippen LogP contribution >= 0.6 is 34.7 Å². The van der Waals surface area contributed by atoms with Gasteiger partial charge in [0.1, 0.15) is 0 Å². The van der Waals surface area contributed by atoms with E-state index in [1.807, 2.05) is 18.4 Å². The highest BCUT2D eigenvalue weighted by atomic mass is 35.5. The number of halogens is 1. The minimum Gasteiger partial charge on any atom is -0.402 e. The van der Waals surface area contributed by atoms with Gasteiger partial charge in [-0.1, -0.05) is 16.7 Å². The summed E-state index contributed by atoms with van der Waals surface area (Å²) in [5.74, 6) is 0.0250. The van der Waals surface area contributed by atoms with Gasteiger partial charge in [-0.2, -0.15) is 0 Å². The van der Waals surface area contributed by atoms with E-state index in [0.29, 0.717) is 15.8 Å². The summed E-state index contributed by atoms with van der Waals surface area (Å²) in [5, 5.41) is 10.3. The Morgan fingerprint density at radius 2 is 2.00 bits per heavy atom. The highest BCUT2D eigenvalue weighted by molar-refractivity contribution is 7.98. The van der Waals surface area contributed by atoms with Crippen LogP contribution in [0.3, 0.4) is 0 Å². The smallest absolute Gasteiger partial charge is 0.322 e. The zero-order valence-electron chi connectivity index (χ0n) is 11.4. The second-order valence-corrected chi connectivity index (χ2v) is 6.79. The molecule has 3 rings (SSSR count). The molecule has 0 fully saturated rings. The van der Waals surface area contributed by atoms with Gasteiger partial charge in [0.2, 0.25) is 0 Å². The van der Waals surface area contributed by atoms with Crippen molar-refractivity contribution < 1.29 is 9.21 Å². The van der Waals surface area contributed by atoms with Gasteiger partial charge in [-0.25, -0.2) is 0 Å². The van der Waals surface area contributed by atoms with Gasteiger partial charge in [0, 0.05) is 10.5 Å². The zero-order valence-corrected chi connectivity index (χ0v) is 13.8. The minimum atomic E-state index is -0.299. The molecule has 0 spiro atoms. The predicted molar refractivity (Wildman–Crippen MR) is 88.8 cm³/mol. The number of anilines is 1. The lowest BCUT2D eigenvalue weighted by atomic mass is 10.2. The van der Waals surface area contributed by atoms with E-state index >= 15 is 0 Å². The fourth-order valence-electron chi connectivity index (χ4n) is 1.71. The summed E-state index contributed by atoms with van der Waals surface area (Å²) in [6.45, 7) is 0. The summed E-state index contributed by atoms with van der Waals surface area (Å²) in [6.07, 6.45) is 1.98. The van der Waals surface area contributed by atoms with Crippen LogP contribution in [0.4, 0.5) is 6.01 Å². The van der Waals surface area contributed by atoms with Crippen molar-refractivity contribution in [2.45, 2.75) is 4.90 Å². The molecule has 0 aliphatic carbocycles. The van der Waals surface area contributed by atoms with E-state index in [4.69, 9.17) is 16.0 Å². The number of carbonyl (C=O) groups is 1. The van der Waals surface area contributed by atoms with Crippen molar-refractivity contribution in [1.82, 2.24) is 10.2 Å². The number of amides is 1. The van der Waals surface area contributed by atoms with E-state index in [-0.39, 0.29) is 11.9 Å². The molecule has 112 valence electrons. The third kappa shape index (κ3) is 3.32. The van der Waals surface area contributed by atoms with E-state index in [1.165, 1.54) is 11.3 Å². The van der Waals surface area contributed by atoms with E-state index in [0.717, 1.165) is 9.77 Å². The van der Waals surface area contributed by atoms with Crippen molar-refractivity contribution in [3.05, 3.63) is 46.3 Å². The van der Waals surface area contributed by atoms with Crippen LogP contribution in [0.15, 0.2) is 45.7 Å². The van der Waals surface area contributed by atoms with Crippen LogP contribution in [0.5, 0.6) is 0 Å². The lowest BCUT2D eigenvalue weighted by molar-refractivity contribution is 0.102. The van der Waals surface area contributed by atoms with Crippen LogP contribution in [0.25, 0.3) is 10.8 Å². The molecule has 22 heavy (non-hydrogen) atoms. The monoisotopic (exact) mass is 351 g/mol. The number of thiophene rings is 1. The third-order valence-electron chi connectivity index (χ3n) is 2.78. The second-order valence-electron chi connectivity index (χ2n) is 4.20. The van der Waals surface area contributed by atoms with Crippen molar-refractivity contribution in [3.8, 4) is 10.8 Å². The average molecular weight is 352 g/mol. The SMILES string of the molecule is CSc1ccc(C(=O)Nc2nnc(-c3ccc(Cl)s3)o2)cc1. The third-order valence-corrected chi connectivity index (χ3v) is 4.74. The number of thioether (sulfide) groups is 1. The van der Waals surface area contributed by atoms with Crippen LogP contribution in [-0.4, -0.2) is 22.4 Å². The standard InChI is InChI=1S/C14H10ClN3O2S2/c1-21-9-4-2-8(3-5-9)12(19)16-14-18-17-13(20-14)10-6-7-11(15)22-10/h2-7H,1H3,(H,16,18,19). The van der Waals surface area contributed by atoms with Crippen molar-refractivity contribution in [2.24, 2.45) is 0 Å². The second kappa shape index (κ2) is 6.51. The molecule has 1 aromatic carbocycles. The van der Waals surface area contributed by atoms with Crippen LogP contribution in [0.1, 0.15) is 10.4 Å². The van der Waals surface area contributed by atoms with Crippen LogP contribution < -0.4 is 5.32 Å². The topological polar surface area (TPSA) is 68.0 Å². The first-order chi connectivity index (χ1) is 10.7. The highest BCUT2D eigenvalue weighted by Gasteiger charge is 2.14. The Kier molecular flexibility index (Phi) is 4.47. The van der Waals surface area contributed by atoms with Gasteiger partial charge in [0.05, 0.1) is 9.21 Å². The highest BCUT2D eigenvalue weighted by Crippen LogP contribution is 2.30. The van der Waals surface area contributed by atoms with Gasteiger partial charge in [-0.05, 0) is 42.7 Å². The average Bonchev–Trinajstić information content (AvgIpc) is 3.16. The Balaban J connectivity index is 1.72. The number of aromatic nitrogens is 2. The molecule has 0 radical (unpaired) electrons. The van der Waals surface area contributed by atoms with Gasteiger partial charge >= 0.3 is 6.01 Å². The molecule has 8 heteroatoms. The summed E-state index contributed by atoms with van der Waals surface area (Å²) in [6, 6.07) is 10.8. The molecule has 2 heterocycles. The maximum absolute atomic E-state index is 12.1. The van der Waals surface area contributed by atoms with Crippen molar-refractivity contribution in [3.63, 3.8) is 0 Å². The number of nitrogens with zero attached hydrogens (tertiary/aromatic N) is 2. The van der Waals surface area contributed by atoms with E-state index in [2.05, 4.69) is 15.5 Å². The molecule has 0 unspecified atom stereocenters. The Hall–Kier alpha value is -1.83. The van der Waals surface area contributed by atoms with E-state index in [9.17, 15) is 4.79 Å². The van der Waals surface area contributed by atoms with Crippen LogP contribution in [0, 0.1) is 0 Å². The molecule has 1 N–H and O–H groups in total. The lowest BCUT2D eigenvalue weighted by Crippen LogP contribution is -2.11. The number of rotatable bonds is 4. The van der Waals surface area contributed by atoms with Crippen molar-refractivity contribution in [2.75, 3.05) is 11.6 Å². The number of benzene rings is 1. The molecule has 1 amide bonds. The molecule has 0 aliphatic heterocycles. The molecule has 0 saturated heterocycles. The molecular weight excluding hydrogens is 342 g/mol. The van der Waals surface area contributed by atoms with Gasteiger partial charge in [0.25, 0.3) is 11.8 Å². The predicted octanol–water partition coefficient (Wildman–Crippen LogP) is 4.43. The molecule has 0 aliphatic rings. The quantitative estimate of drug-likeness (QED) is 0.704. The first-order valence-electron chi connectivity index (χ1n) is 6.20. The van der Waals surface area contributed by atoms with Crippen LogP contribution in [-0.2, 0) is 0 Å².